The van der Waals surface area contributed by atoms with Gasteiger partial charge in [-0.25, -0.2) is 0 Å². The van der Waals surface area contributed by atoms with Crippen molar-refractivity contribution in [1.82, 2.24) is 0 Å². The Morgan fingerprint density at radius 2 is 1.53 bits per heavy atom. The molecule has 4 fully saturated rings. The molecule has 0 saturated heterocycles. The Balaban J connectivity index is 0.902. The summed E-state index contributed by atoms with van der Waals surface area (Å²) in [6.45, 7) is 12.7. The maximum absolute atomic E-state index is 12.9. The highest BCUT2D eigenvalue weighted by Gasteiger charge is 2.60. The number of ether oxygens (including phenoxy) is 2. The smallest absolute Gasteiger partial charge is 0.185 e. The normalized spacial score (nSPS) is 31.4. The van der Waals surface area contributed by atoms with Gasteiger partial charge in [0.15, 0.2) is 5.78 Å². The van der Waals surface area contributed by atoms with E-state index in [4.69, 9.17) is 20.9 Å². The maximum Gasteiger partial charge on any atom is 0.185 e. The zero-order valence-electron chi connectivity index (χ0n) is 33.0. The van der Waals surface area contributed by atoms with Crippen molar-refractivity contribution in [3.8, 4) is 17.2 Å². The van der Waals surface area contributed by atoms with Crippen molar-refractivity contribution in [3.05, 3.63) is 83.9 Å². The number of hydrogen-bond acceptors (Lipinski definition) is 5. The molecule has 4 N–H and O–H groups in total. The van der Waals surface area contributed by atoms with Crippen LogP contribution >= 0.6 is 0 Å². The lowest BCUT2D eigenvalue weighted by Crippen LogP contribution is -2.54. The highest BCUT2D eigenvalue weighted by molar-refractivity contribution is 6.06. The van der Waals surface area contributed by atoms with Gasteiger partial charge in [-0.1, -0.05) is 72.1 Å². The predicted molar refractivity (Wildman–Crippen MR) is 219 cm³/mol. The first-order chi connectivity index (χ1) is 25.4. The first-order valence-corrected chi connectivity index (χ1v) is 20.8. The molecule has 3 aromatic carbocycles. The minimum absolute atomic E-state index is 0.0640. The molecule has 0 amide bonds. The zero-order chi connectivity index (χ0) is 37.3. The van der Waals surface area contributed by atoms with E-state index < -0.39 is 0 Å². The van der Waals surface area contributed by atoms with Crippen LogP contribution in [0.4, 0.5) is 11.4 Å². The molecule has 284 valence electrons. The van der Waals surface area contributed by atoms with Crippen LogP contribution in [-0.4, -0.2) is 11.9 Å². The molecule has 53 heavy (non-hydrogen) atoms. The molecular weight excluding hydrogens is 653 g/mol. The molecule has 0 bridgehead atoms. The number of fused-ring (bicyclic) bond motifs is 5. The largest absolute Gasteiger partial charge is 0.490 e. The Labute approximate surface area is 319 Å². The molecule has 4 aliphatic rings. The van der Waals surface area contributed by atoms with Crippen LogP contribution in [0.1, 0.15) is 128 Å². The fourth-order valence-electron chi connectivity index (χ4n) is 11.9. The molecule has 5 unspecified atom stereocenters. The van der Waals surface area contributed by atoms with Crippen LogP contribution in [0.2, 0.25) is 0 Å². The summed E-state index contributed by atoms with van der Waals surface area (Å²) in [5.74, 6) is 8.16. The van der Waals surface area contributed by atoms with Crippen molar-refractivity contribution >= 4 is 23.2 Å². The number of carbonyl (C=O) groups is 1. The lowest BCUT2D eigenvalue weighted by atomic mass is 9.44. The second-order valence-corrected chi connectivity index (χ2v) is 18.4. The standard InChI is InChI=1S/C48H64N2O3/c1-31(2)7-6-8-32(3)41-21-22-42-40-20-14-35-29-39(25-27-47(35,4)43(40)26-28-48(41,42)5)52-37-16-9-33(10-17-37)11-23-45(51)34-12-18-38(19-13-34)53-46-24-15-36(49)30-44(46)50/h9-13,15-19,23-24,30-32,35,39-43H,6-8,14,20-22,25-29,49-50H2,1-5H3/t32-,35?,39?,40?,41-,42?,43?,47+,48-/m1/s1. The van der Waals surface area contributed by atoms with Gasteiger partial charge >= 0.3 is 0 Å². The number of nitrogens with two attached hydrogens (primary N) is 2. The topological polar surface area (TPSA) is 87.6 Å². The van der Waals surface area contributed by atoms with Gasteiger partial charge in [0.2, 0.25) is 0 Å². The summed E-state index contributed by atoms with van der Waals surface area (Å²) in [6, 6.07) is 20.4. The van der Waals surface area contributed by atoms with Gasteiger partial charge in [0.05, 0.1) is 11.8 Å². The third-order valence-electron chi connectivity index (χ3n) is 14.8. The van der Waals surface area contributed by atoms with Crippen molar-refractivity contribution in [3.63, 3.8) is 0 Å². The van der Waals surface area contributed by atoms with Gasteiger partial charge in [0.1, 0.15) is 17.2 Å². The van der Waals surface area contributed by atoms with E-state index in [9.17, 15) is 4.79 Å². The van der Waals surface area contributed by atoms with E-state index in [0.717, 1.165) is 59.2 Å². The number of anilines is 2. The third-order valence-corrected chi connectivity index (χ3v) is 14.8. The molecule has 4 aliphatic carbocycles. The Kier molecular flexibility index (Phi) is 11.0. The van der Waals surface area contributed by atoms with Crippen molar-refractivity contribution in [2.45, 2.75) is 118 Å². The van der Waals surface area contributed by atoms with Gasteiger partial charge in [-0.3, -0.25) is 4.79 Å². The van der Waals surface area contributed by atoms with Crippen LogP contribution < -0.4 is 20.9 Å². The molecule has 0 radical (unpaired) electrons. The Bertz CT molecular complexity index is 1750. The molecule has 5 nitrogen and oxygen atoms in total. The molecule has 7 rings (SSSR count). The maximum atomic E-state index is 12.9. The number of hydrogen-bond donors (Lipinski definition) is 2. The molecule has 5 heteroatoms. The minimum Gasteiger partial charge on any atom is -0.490 e. The van der Waals surface area contributed by atoms with Gasteiger partial charge < -0.3 is 20.9 Å². The summed E-state index contributed by atoms with van der Waals surface area (Å²) in [7, 11) is 0. The number of carbonyl (C=O) groups excluding carboxylic acids is 1. The molecule has 0 heterocycles. The van der Waals surface area contributed by atoms with Gasteiger partial charge in [-0.05, 0) is 176 Å². The van der Waals surface area contributed by atoms with Gasteiger partial charge in [-0.15, -0.1) is 0 Å². The Morgan fingerprint density at radius 1 is 0.811 bits per heavy atom. The average molecular weight is 717 g/mol. The number of ketones is 1. The molecule has 0 spiro atoms. The SMILES string of the molecule is CC(C)CCC[C@@H](C)[C@H]1CCC2C3CCC4CC(Oc5ccc(C=CC(=O)c6ccc(Oc7ccc(N)cc7N)cc6)cc5)CC[C@]4(C)C3CC[C@@]21C. The molecular formula is C48H64N2O3. The highest BCUT2D eigenvalue weighted by atomic mass is 16.5. The first-order valence-electron chi connectivity index (χ1n) is 20.8. The monoisotopic (exact) mass is 716 g/mol. The molecule has 0 aromatic heterocycles. The fourth-order valence-corrected chi connectivity index (χ4v) is 11.9. The van der Waals surface area contributed by atoms with E-state index >= 15 is 0 Å². The minimum atomic E-state index is -0.0640. The van der Waals surface area contributed by atoms with E-state index in [1.807, 2.05) is 18.2 Å². The third kappa shape index (κ3) is 7.91. The summed E-state index contributed by atoms with van der Waals surface area (Å²) >= 11 is 0. The highest BCUT2D eigenvalue weighted by Crippen LogP contribution is 2.68. The second-order valence-electron chi connectivity index (χ2n) is 18.4. The summed E-state index contributed by atoms with van der Waals surface area (Å²) in [4.78, 5) is 12.9. The van der Waals surface area contributed by atoms with Crippen LogP contribution in [0.15, 0.2) is 72.8 Å². The van der Waals surface area contributed by atoms with E-state index in [0.29, 0.717) is 39.3 Å². The van der Waals surface area contributed by atoms with Crippen LogP contribution in [0.5, 0.6) is 17.2 Å². The van der Waals surface area contributed by atoms with Crippen LogP contribution in [0.25, 0.3) is 6.08 Å². The number of allylic oxidation sites excluding steroid dienone is 1. The summed E-state index contributed by atoms with van der Waals surface area (Å²) < 4.78 is 12.5. The first kappa shape index (κ1) is 37.6. The second kappa shape index (κ2) is 15.6. The molecule has 4 saturated carbocycles. The summed E-state index contributed by atoms with van der Waals surface area (Å²) in [5.41, 5.74) is 15.4. The van der Waals surface area contributed by atoms with E-state index in [1.54, 1.807) is 48.5 Å². The Hall–Kier alpha value is -3.73. The van der Waals surface area contributed by atoms with Crippen LogP contribution in [-0.2, 0) is 0 Å². The number of benzene rings is 3. The lowest BCUT2D eigenvalue weighted by Gasteiger charge is -2.61. The molecule has 9 atom stereocenters. The van der Waals surface area contributed by atoms with Crippen LogP contribution in [0, 0.1) is 52.3 Å². The number of nitrogen functional groups attached to an aromatic ring is 2. The summed E-state index contributed by atoms with van der Waals surface area (Å²) in [6.07, 6.45) is 20.3. The molecule has 3 aromatic rings. The van der Waals surface area contributed by atoms with Gasteiger partial charge in [0, 0.05) is 11.3 Å². The van der Waals surface area contributed by atoms with Crippen LogP contribution in [0.3, 0.4) is 0 Å². The van der Waals surface area contributed by atoms with Crippen molar-refractivity contribution in [2.75, 3.05) is 11.5 Å². The fraction of sp³-hybridized carbons (Fsp3) is 0.562. The zero-order valence-corrected chi connectivity index (χ0v) is 33.0. The lowest BCUT2D eigenvalue weighted by molar-refractivity contribution is -0.126. The Morgan fingerprint density at radius 3 is 2.26 bits per heavy atom. The number of rotatable bonds is 12. The summed E-state index contributed by atoms with van der Waals surface area (Å²) in [5, 5.41) is 0. The average Bonchev–Trinajstić information content (AvgIpc) is 3.50. The van der Waals surface area contributed by atoms with E-state index in [-0.39, 0.29) is 11.9 Å². The van der Waals surface area contributed by atoms with Gasteiger partial charge in [-0.2, -0.15) is 0 Å². The predicted octanol–water partition coefficient (Wildman–Crippen LogP) is 12.4. The van der Waals surface area contributed by atoms with Gasteiger partial charge in [0.25, 0.3) is 0 Å². The van der Waals surface area contributed by atoms with Crippen molar-refractivity contribution in [1.29, 1.82) is 0 Å². The molecule has 0 aliphatic heterocycles. The van der Waals surface area contributed by atoms with Crippen molar-refractivity contribution < 1.29 is 14.3 Å². The van der Waals surface area contributed by atoms with E-state index in [2.05, 4.69) is 46.8 Å². The van der Waals surface area contributed by atoms with E-state index in [1.165, 1.54) is 70.6 Å². The van der Waals surface area contributed by atoms with Crippen molar-refractivity contribution in [2.24, 2.45) is 52.3 Å². The quantitative estimate of drug-likeness (QED) is 0.111.